The van der Waals surface area contributed by atoms with Crippen LogP contribution in [0.3, 0.4) is 0 Å². The van der Waals surface area contributed by atoms with Gasteiger partial charge in [-0.1, -0.05) is 6.92 Å². The van der Waals surface area contributed by atoms with E-state index in [1.807, 2.05) is 24.4 Å². The standard InChI is InChI=1S/C13H23N5S.HI/c1-10-5-4-6-18(8-10)12(14)15-7-11-9-19-13(16-11)17(2)3;/h9-10H,4-8H2,1-3H3,(H2,14,15);1H. The lowest BCUT2D eigenvalue weighted by molar-refractivity contribution is 0.270. The monoisotopic (exact) mass is 409 g/mol. The highest BCUT2D eigenvalue weighted by Gasteiger charge is 2.17. The van der Waals surface area contributed by atoms with Gasteiger partial charge in [0, 0.05) is 32.6 Å². The van der Waals surface area contributed by atoms with Gasteiger partial charge in [0.15, 0.2) is 11.1 Å². The van der Waals surface area contributed by atoms with Crippen LogP contribution in [0.25, 0.3) is 0 Å². The molecule has 2 N–H and O–H groups in total. The van der Waals surface area contributed by atoms with E-state index in [-0.39, 0.29) is 24.0 Å². The quantitative estimate of drug-likeness (QED) is 0.473. The van der Waals surface area contributed by atoms with Gasteiger partial charge in [0.25, 0.3) is 0 Å². The van der Waals surface area contributed by atoms with E-state index < -0.39 is 0 Å². The lowest BCUT2D eigenvalue weighted by Crippen LogP contribution is -2.43. The summed E-state index contributed by atoms with van der Waals surface area (Å²) in [7, 11) is 3.99. The molecule has 0 aliphatic carbocycles. The number of likely N-dealkylation sites (tertiary alicyclic amines) is 1. The zero-order chi connectivity index (χ0) is 13.8. The van der Waals surface area contributed by atoms with Gasteiger partial charge in [0.05, 0.1) is 12.2 Å². The Morgan fingerprint density at radius 1 is 1.60 bits per heavy atom. The Morgan fingerprint density at radius 3 is 2.95 bits per heavy atom. The fourth-order valence-corrected chi connectivity index (χ4v) is 2.98. The topological polar surface area (TPSA) is 57.8 Å². The number of piperidine rings is 1. The Morgan fingerprint density at radius 2 is 2.35 bits per heavy atom. The minimum Gasteiger partial charge on any atom is -0.370 e. The molecule has 20 heavy (non-hydrogen) atoms. The lowest BCUT2D eigenvalue weighted by atomic mass is 10.0. The molecule has 2 heterocycles. The van der Waals surface area contributed by atoms with Crippen molar-refractivity contribution in [3.05, 3.63) is 11.1 Å². The smallest absolute Gasteiger partial charge is 0.191 e. The molecule has 1 fully saturated rings. The van der Waals surface area contributed by atoms with Crippen molar-refractivity contribution in [1.29, 1.82) is 0 Å². The third kappa shape index (κ3) is 4.76. The van der Waals surface area contributed by atoms with Crippen molar-refractivity contribution >= 4 is 46.4 Å². The van der Waals surface area contributed by atoms with Gasteiger partial charge in [0.1, 0.15) is 0 Å². The summed E-state index contributed by atoms with van der Waals surface area (Å²) in [6.45, 7) is 4.89. The van der Waals surface area contributed by atoms with Crippen LogP contribution in [0.2, 0.25) is 0 Å². The maximum Gasteiger partial charge on any atom is 0.191 e. The second kappa shape index (κ2) is 8.02. The second-order valence-electron chi connectivity index (χ2n) is 5.38. The first-order chi connectivity index (χ1) is 9.06. The van der Waals surface area contributed by atoms with Crippen LogP contribution in [0.15, 0.2) is 10.4 Å². The summed E-state index contributed by atoms with van der Waals surface area (Å²) >= 11 is 1.64. The van der Waals surface area contributed by atoms with Gasteiger partial charge in [-0.15, -0.1) is 35.3 Å². The highest BCUT2D eigenvalue weighted by Crippen LogP contribution is 2.19. The third-order valence-electron chi connectivity index (χ3n) is 3.31. The predicted octanol–water partition coefficient (Wildman–Crippen LogP) is 2.37. The molecule has 2 rings (SSSR count). The van der Waals surface area contributed by atoms with Gasteiger partial charge in [0.2, 0.25) is 0 Å². The number of rotatable bonds is 3. The molecule has 0 aromatic carbocycles. The Kier molecular flexibility index (Phi) is 7.01. The van der Waals surface area contributed by atoms with Gasteiger partial charge >= 0.3 is 0 Å². The molecule has 0 radical (unpaired) electrons. The van der Waals surface area contributed by atoms with E-state index in [1.165, 1.54) is 12.8 Å². The highest BCUT2D eigenvalue weighted by molar-refractivity contribution is 14.0. The lowest BCUT2D eigenvalue weighted by Gasteiger charge is -2.31. The van der Waals surface area contributed by atoms with Crippen molar-refractivity contribution < 1.29 is 0 Å². The normalized spacial score (nSPS) is 19.6. The van der Waals surface area contributed by atoms with Crippen LogP contribution in [0.5, 0.6) is 0 Å². The first-order valence-electron chi connectivity index (χ1n) is 6.73. The number of nitrogens with two attached hydrogens (primary N) is 1. The van der Waals surface area contributed by atoms with Crippen molar-refractivity contribution in [2.45, 2.75) is 26.3 Å². The van der Waals surface area contributed by atoms with Crippen LogP contribution in [-0.4, -0.2) is 43.0 Å². The largest absolute Gasteiger partial charge is 0.370 e. The van der Waals surface area contributed by atoms with Crippen LogP contribution >= 0.6 is 35.3 Å². The van der Waals surface area contributed by atoms with Crippen molar-refractivity contribution in [3.8, 4) is 0 Å². The summed E-state index contributed by atoms with van der Waals surface area (Å²) in [6, 6.07) is 0. The summed E-state index contributed by atoms with van der Waals surface area (Å²) in [4.78, 5) is 13.2. The van der Waals surface area contributed by atoms with E-state index >= 15 is 0 Å². The van der Waals surface area contributed by atoms with Crippen LogP contribution in [0, 0.1) is 5.92 Å². The summed E-state index contributed by atoms with van der Waals surface area (Å²) in [6.07, 6.45) is 2.50. The Labute approximate surface area is 142 Å². The number of hydrogen-bond acceptors (Lipinski definition) is 4. The van der Waals surface area contributed by atoms with Crippen molar-refractivity contribution in [1.82, 2.24) is 9.88 Å². The second-order valence-corrected chi connectivity index (χ2v) is 6.22. The molecule has 1 aromatic heterocycles. The number of guanidine groups is 1. The minimum atomic E-state index is 0. The molecule has 114 valence electrons. The zero-order valence-corrected chi connectivity index (χ0v) is 15.5. The SMILES string of the molecule is CC1CCCN(C(N)=NCc2csc(N(C)C)n2)C1.I. The number of halogens is 1. The van der Waals surface area contributed by atoms with Crippen LogP contribution in [-0.2, 0) is 6.54 Å². The molecule has 1 unspecified atom stereocenters. The van der Waals surface area contributed by atoms with Crippen LogP contribution < -0.4 is 10.6 Å². The number of nitrogens with zero attached hydrogens (tertiary/aromatic N) is 4. The summed E-state index contributed by atoms with van der Waals surface area (Å²) < 4.78 is 0. The van der Waals surface area contributed by atoms with E-state index in [0.29, 0.717) is 18.4 Å². The molecule has 0 amide bonds. The van der Waals surface area contributed by atoms with Gasteiger partial charge < -0.3 is 15.5 Å². The maximum atomic E-state index is 6.07. The molecule has 1 aromatic rings. The molecule has 1 aliphatic rings. The average Bonchev–Trinajstić information content (AvgIpc) is 2.85. The maximum absolute atomic E-state index is 6.07. The highest BCUT2D eigenvalue weighted by atomic mass is 127. The zero-order valence-electron chi connectivity index (χ0n) is 12.4. The molecular weight excluding hydrogens is 385 g/mol. The third-order valence-corrected chi connectivity index (χ3v) is 4.36. The van der Waals surface area contributed by atoms with Crippen molar-refractivity contribution in [3.63, 3.8) is 0 Å². The molecule has 1 atom stereocenters. The van der Waals surface area contributed by atoms with E-state index in [4.69, 9.17) is 5.73 Å². The van der Waals surface area contributed by atoms with Gasteiger partial charge in [-0.05, 0) is 18.8 Å². The number of aliphatic imine (C=N–C) groups is 1. The number of hydrogen-bond donors (Lipinski definition) is 1. The molecule has 1 saturated heterocycles. The molecule has 0 spiro atoms. The minimum absolute atomic E-state index is 0. The molecule has 7 heteroatoms. The van der Waals surface area contributed by atoms with E-state index in [0.717, 1.165) is 23.9 Å². The summed E-state index contributed by atoms with van der Waals surface area (Å²) in [5, 5.41) is 3.06. The molecule has 0 saturated carbocycles. The molecule has 1 aliphatic heterocycles. The van der Waals surface area contributed by atoms with Crippen LogP contribution in [0.4, 0.5) is 5.13 Å². The van der Waals surface area contributed by atoms with E-state index in [1.54, 1.807) is 11.3 Å². The predicted molar refractivity (Wildman–Crippen MR) is 97.2 cm³/mol. The number of thiazole rings is 1. The first kappa shape index (κ1) is 17.5. The van der Waals surface area contributed by atoms with E-state index in [9.17, 15) is 0 Å². The molecule has 5 nitrogen and oxygen atoms in total. The number of aromatic nitrogens is 1. The van der Waals surface area contributed by atoms with Gasteiger partial charge in [-0.3, -0.25) is 0 Å². The Hall–Kier alpha value is -0.570. The summed E-state index contributed by atoms with van der Waals surface area (Å²) in [5.41, 5.74) is 7.05. The molecule has 0 bridgehead atoms. The fraction of sp³-hybridized carbons (Fsp3) is 0.692. The average molecular weight is 409 g/mol. The van der Waals surface area contributed by atoms with Crippen molar-refractivity contribution in [2.24, 2.45) is 16.6 Å². The Bertz CT molecular complexity index is 446. The van der Waals surface area contributed by atoms with Gasteiger partial charge in [-0.25, -0.2) is 9.98 Å². The molecular formula is C13H24IN5S. The van der Waals surface area contributed by atoms with Crippen molar-refractivity contribution in [2.75, 3.05) is 32.1 Å². The van der Waals surface area contributed by atoms with E-state index in [2.05, 4.69) is 21.8 Å². The first-order valence-corrected chi connectivity index (χ1v) is 7.61. The number of anilines is 1. The van der Waals surface area contributed by atoms with Crippen LogP contribution in [0.1, 0.15) is 25.5 Å². The summed E-state index contributed by atoms with van der Waals surface area (Å²) in [5.74, 6) is 1.37. The fourth-order valence-electron chi connectivity index (χ4n) is 2.23. The van der Waals surface area contributed by atoms with Gasteiger partial charge in [-0.2, -0.15) is 0 Å². The Balaban J connectivity index is 0.00000200.